The van der Waals surface area contributed by atoms with Crippen LogP contribution in [0.4, 0.5) is 0 Å². The number of fused-ring (bicyclic) bond motifs is 2. The van der Waals surface area contributed by atoms with Gasteiger partial charge in [-0.1, -0.05) is 6.42 Å². The molecule has 2 saturated carbocycles. The summed E-state index contributed by atoms with van der Waals surface area (Å²) in [6.45, 7) is 6.89. The zero-order chi connectivity index (χ0) is 18.1. The van der Waals surface area contributed by atoms with Crippen molar-refractivity contribution >= 4 is 11.8 Å². The first-order valence-electron chi connectivity index (χ1n) is 10.9. The van der Waals surface area contributed by atoms with E-state index in [9.17, 15) is 9.59 Å². The highest BCUT2D eigenvalue weighted by atomic mass is 16.2. The van der Waals surface area contributed by atoms with Crippen LogP contribution in [0.5, 0.6) is 0 Å². The highest BCUT2D eigenvalue weighted by Gasteiger charge is 2.40. The molecule has 0 aromatic carbocycles. The minimum Gasteiger partial charge on any atom is -0.340 e. The monoisotopic (exact) mass is 361 g/mol. The van der Waals surface area contributed by atoms with E-state index in [0.717, 1.165) is 63.8 Å². The van der Waals surface area contributed by atoms with Crippen molar-refractivity contribution < 1.29 is 9.59 Å². The Bertz CT molecular complexity index is 529. The molecule has 4 rings (SSSR count). The van der Waals surface area contributed by atoms with Crippen LogP contribution in [0.2, 0.25) is 0 Å². The first kappa shape index (κ1) is 18.3. The first-order chi connectivity index (χ1) is 12.6. The zero-order valence-electron chi connectivity index (χ0n) is 16.4. The molecule has 2 heterocycles. The van der Waals surface area contributed by atoms with E-state index in [0.29, 0.717) is 24.4 Å². The van der Waals surface area contributed by atoms with E-state index in [-0.39, 0.29) is 5.91 Å². The molecule has 146 valence electrons. The van der Waals surface area contributed by atoms with Crippen molar-refractivity contribution in [2.45, 2.75) is 64.3 Å². The fourth-order valence-electron chi connectivity index (χ4n) is 5.89. The van der Waals surface area contributed by atoms with E-state index in [1.807, 2.05) is 0 Å². The van der Waals surface area contributed by atoms with Crippen LogP contribution in [0.3, 0.4) is 0 Å². The molecule has 2 aliphatic carbocycles. The fourth-order valence-corrected chi connectivity index (χ4v) is 5.89. The van der Waals surface area contributed by atoms with Gasteiger partial charge >= 0.3 is 0 Å². The summed E-state index contributed by atoms with van der Waals surface area (Å²) >= 11 is 0. The van der Waals surface area contributed by atoms with Gasteiger partial charge in [0, 0.05) is 45.2 Å². The molecule has 0 radical (unpaired) electrons. The second-order valence-corrected chi connectivity index (χ2v) is 9.23. The van der Waals surface area contributed by atoms with Gasteiger partial charge in [-0.2, -0.15) is 0 Å². The number of carbonyl (C=O) groups excluding carboxylic acids is 2. The largest absolute Gasteiger partial charge is 0.340 e. The predicted molar refractivity (Wildman–Crippen MR) is 102 cm³/mol. The highest BCUT2D eigenvalue weighted by Crippen LogP contribution is 2.49. The average molecular weight is 362 g/mol. The van der Waals surface area contributed by atoms with Crippen LogP contribution >= 0.6 is 0 Å². The van der Waals surface area contributed by atoms with Gasteiger partial charge in [0.25, 0.3) is 0 Å². The van der Waals surface area contributed by atoms with Crippen molar-refractivity contribution in [3.8, 4) is 0 Å². The topological polar surface area (TPSA) is 43.9 Å². The Balaban J connectivity index is 1.20. The number of hydrogen-bond donors (Lipinski definition) is 0. The number of nitrogens with zero attached hydrogens (tertiary/aromatic N) is 3. The Morgan fingerprint density at radius 1 is 0.885 bits per heavy atom. The molecule has 0 N–H and O–H groups in total. The maximum atomic E-state index is 12.7. The van der Waals surface area contributed by atoms with Gasteiger partial charge in [-0.25, -0.2) is 0 Å². The van der Waals surface area contributed by atoms with Gasteiger partial charge < -0.3 is 9.80 Å². The molecule has 0 aromatic rings. The second-order valence-electron chi connectivity index (χ2n) is 9.23. The number of rotatable bonds is 4. The maximum absolute atomic E-state index is 12.7. The van der Waals surface area contributed by atoms with Crippen LogP contribution in [0, 0.1) is 17.8 Å². The van der Waals surface area contributed by atoms with Gasteiger partial charge in [-0.3, -0.25) is 14.5 Å². The molecule has 2 bridgehead atoms. The van der Waals surface area contributed by atoms with E-state index in [1.165, 1.54) is 32.1 Å². The maximum Gasteiger partial charge on any atom is 0.236 e. The van der Waals surface area contributed by atoms with Gasteiger partial charge in [0.15, 0.2) is 0 Å². The van der Waals surface area contributed by atoms with Crippen LogP contribution in [0.25, 0.3) is 0 Å². The summed E-state index contributed by atoms with van der Waals surface area (Å²) in [5.41, 5.74) is 0. The molecule has 2 saturated heterocycles. The Morgan fingerprint density at radius 2 is 1.69 bits per heavy atom. The number of amides is 2. The number of piperazine rings is 1. The Hall–Kier alpha value is -1.10. The Kier molecular flexibility index (Phi) is 5.53. The molecule has 5 nitrogen and oxygen atoms in total. The fraction of sp³-hybridized carbons (Fsp3) is 0.905. The van der Waals surface area contributed by atoms with Crippen molar-refractivity contribution in [2.75, 3.05) is 39.3 Å². The lowest BCUT2D eigenvalue weighted by atomic mass is 9.86. The van der Waals surface area contributed by atoms with E-state index in [1.54, 1.807) is 0 Å². The Labute approximate surface area is 158 Å². The van der Waals surface area contributed by atoms with Crippen molar-refractivity contribution in [1.29, 1.82) is 0 Å². The lowest BCUT2D eigenvalue weighted by molar-refractivity contribution is -0.137. The molecule has 0 unspecified atom stereocenters. The summed E-state index contributed by atoms with van der Waals surface area (Å²) in [6, 6.07) is 0.390. The first-order valence-corrected chi connectivity index (χ1v) is 10.9. The summed E-state index contributed by atoms with van der Waals surface area (Å²) in [4.78, 5) is 31.6. The third-order valence-electron chi connectivity index (χ3n) is 7.53. The van der Waals surface area contributed by atoms with E-state index in [4.69, 9.17) is 0 Å². The molecule has 4 atom stereocenters. The SMILES string of the molecule is C[C@H]1CCCCN1C(=O)CN1CCN(C(=O)C[C@H]2C[C@H]3CC[C@H]2C3)CC1. The summed E-state index contributed by atoms with van der Waals surface area (Å²) in [6.07, 6.45) is 9.71. The van der Waals surface area contributed by atoms with Crippen LogP contribution in [-0.4, -0.2) is 71.8 Å². The van der Waals surface area contributed by atoms with Gasteiger partial charge in [-0.05, 0) is 63.2 Å². The molecule has 2 aliphatic heterocycles. The molecule has 4 aliphatic rings. The van der Waals surface area contributed by atoms with Crippen molar-refractivity contribution in [1.82, 2.24) is 14.7 Å². The highest BCUT2D eigenvalue weighted by molar-refractivity contribution is 5.79. The lowest BCUT2D eigenvalue weighted by Crippen LogP contribution is -2.53. The quantitative estimate of drug-likeness (QED) is 0.772. The predicted octanol–water partition coefficient (Wildman–Crippen LogP) is 2.36. The van der Waals surface area contributed by atoms with Crippen molar-refractivity contribution in [2.24, 2.45) is 17.8 Å². The smallest absolute Gasteiger partial charge is 0.236 e. The molecular weight excluding hydrogens is 326 g/mol. The number of likely N-dealkylation sites (tertiary alicyclic amines) is 1. The second kappa shape index (κ2) is 7.87. The molecule has 0 aromatic heterocycles. The number of carbonyl (C=O) groups is 2. The molecule has 0 spiro atoms. The molecule has 4 fully saturated rings. The standard InChI is InChI=1S/C21H35N3O2/c1-16-4-2-3-7-24(16)21(26)15-22-8-10-23(11-9-22)20(25)14-19-13-17-5-6-18(19)12-17/h16-19H,2-15H2,1H3/t16-,17-,18-,19+/m0/s1. The van der Waals surface area contributed by atoms with Crippen molar-refractivity contribution in [3.63, 3.8) is 0 Å². The molecular formula is C21H35N3O2. The third-order valence-corrected chi connectivity index (χ3v) is 7.53. The lowest BCUT2D eigenvalue weighted by Gasteiger charge is -2.38. The summed E-state index contributed by atoms with van der Waals surface area (Å²) < 4.78 is 0. The minimum absolute atomic E-state index is 0.277. The Morgan fingerprint density at radius 3 is 2.35 bits per heavy atom. The van der Waals surface area contributed by atoms with E-state index in [2.05, 4.69) is 21.6 Å². The van der Waals surface area contributed by atoms with Crippen LogP contribution in [0.1, 0.15) is 58.3 Å². The van der Waals surface area contributed by atoms with Crippen LogP contribution < -0.4 is 0 Å². The zero-order valence-corrected chi connectivity index (χ0v) is 16.4. The molecule has 26 heavy (non-hydrogen) atoms. The number of hydrogen-bond acceptors (Lipinski definition) is 3. The van der Waals surface area contributed by atoms with Crippen LogP contribution in [0.15, 0.2) is 0 Å². The van der Waals surface area contributed by atoms with Gasteiger partial charge in [0.05, 0.1) is 6.54 Å². The average Bonchev–Trinajstić information content (AvgIpc) is 3.25. The van der Waals surface area contributed by atoms with E-state index < -0.39 is 0 Å². The third kappa shape index (κ3) is 3.92. The summed E-state index contributed by atoms with van der Waals surface area (Å²) in [5, 5.41) is 0. The molecule has 2 amide bonds. The van der Waals surface area contributed by atoms with Gasteiger partial charge in [0.2, 0.25) is 11.8 Å². The van der Waals surface area contributed by atoms with Gasteiger partial charge in [0.1, 0.15) is 0 Å². The molecule has 5 heteroatoms. The normalized spacial score (nSPS) is 35.1. The van der Waals surface area contributed by atoms with Crippen molar-refractivity contribution in [3.05, 3.63) is 0 Å². The summed E-state index contributed by atoms with van der Waals surface area (Å²) in [7, 11) is 0. The van der Waals surface area contributed by atoms with Crippen LogP contribution in [-0.2, 0) is 9.59 Å². The minimum atomic E-state index is 0.277. The van der Waals surface area contributed by atoms with Gasteiger partial charge in [-0.15, -0.1) is 0 Å². The number of piperidine rings is 1. The van der Waals surface area contributed by atoms with E-state index >= 15 is 0 Å². The summed E-state index contributed by atoms with van der Waals surface area (Å²) in [5.74, 6) is 3.03.